The molecule has 0 aliphatic carbocycles. The summed E-state index contributed by atoms with van der Waals surface area (Å²) in [6.45, 7) is 0.501. The minimum Gasteiger partial charge on any atom is -0.396 e. The summed E-state index contributed by atoms with van der Waals surface area (Å²) >= 11 is 3.47. The topological polar surface area (TPSA) is 70.7 Å². The van der Waals surface area contributed by atoms with Gasteiger partial charge < -0.3 is 14.9 Å². The summed E-state index contributed by atoms with van der Waals surface area (Å²) in [6, 6.07) is 7.88. The Balaban J connectivity index is 2.17. The van der Waals surface area contributed by atoms with Crippen molar-refractivity contribution >= 4 is 27.4 Å². The van der Waals surface area contributed by atoms with Gasteiger partial charge in [0.25, 0.3) is 5.56 Å². The number of hydrogen-bond acceptors (Lipinski definition) is 5. The average molecular weight is 409 g/mol. The van der Waals surface area contributed by atoms with Crippen LogP contribution in [-0.4, -0.2) is 34.1 Å². The molecular weight excluding hydrogens is 388 g/mol. The molecule has 1 aromatic heterocycles. The van der Waals surface area contributed by atoms with Gasteiger partial charge in [0.05, 0.1) is 0 Å². The molecule has 1 unspecified atom stereocenters. The molecule has 3 rings (SSSR count). The Bertz CT molecular complexity index is 921. The molecule has 2 aromatic rings. The van der Waals surface area contributed by atoms with Gasteiger partial charge in [0.2, 0.25) is 0 Å². The maximum atomic E-state index is 12.8. The Kier molecular flexibility index (Phi) is 4.75. The zero-order chi connectivity index (χ0) is 18.3. The van der Waals surface area contributed by atoms with Gasteiger partial charge in [-0.05, 0) is 17.7 Å². The van der Waals surface area contributed by atoms with E-state index in [-0.39, 0.29) is 24.0 Å². The van der Waals surface area contributed by atoms with E-state index in [1.165, 1.54) is 11.6 Å². The number of halogens is 1. The summed E-state index contributed by atoms with van der Waals surface area (Å²) in [5.41, 5.74) is 0.850. The molecule has 0 fully saturated rings. The molecule has 7 nitrogen and oxygen atoms in total. The van der Waals surface area contributed by atoms with Crippen molar-refractivity contribution in [1.82, 2.24) is 9.13 Å². The van der Waals surface area contributed by atoms with Crippen molar-refractivity contribution in [3.63, 3.8) is 0 Å². The number of aliphatic hydroxyl groups excluding tert-OH is 1. The highest BCUT2D eigenvalue weighted by Crippen LogP contribution is 2.36. The van der Waals surface area contributed by atoms with Crippen LogP contribution in [-0.2, 0) is 20.6 Å². The quantitative estimate of drug-likeness (QED) is 0.817. The third-order valence-corrected chi connectivity index (χ3v) is 5.16. The van der Waals surface area contributed by atoms with E-state index in [9.17, 15) is 14.7 Å². The number of benzene rings is 1. The molecule has 2 heterocycles. The summed E-state index contributed by atoms with van der Waals surface area (Å²) < 4.78 is 3.58. The second-order valence-electron chi connectivity index (χ2n) is 6.24. The molecule has 1 aromatic carbocycles. The monoisotopic (exact) mass is 408 g/mol. The first-order valence-electron chi connectivity index (χ1n) is 8.01. The van der Waals surface area contributed by atoms with Gasteiger partial charge in [0.15, 0.2) is 0 Å². The van der Waals surface area contributed by atoms with Crippen LogP contribution in [0.15, 0.2) is 38.3 Å². The number of anilines is 2. The summed E-state index contributed by atoms with van der Waals surface area (Å²) in [4.78, 5) is 29.0. The zero-order valence-corrected chi connectivity index (χ0v) is 16.0. The fourth-order valence-electron chi connectivity index (χ4n) is 3.45. The maximum absolute atomic E-state index is 12.8. The number of fused-ring (bicyclic) bond motifs is 1. The predicted molar refractivity (Wildman–Crippen MR) is 101 cm³/mol. The molecular formula is C17H21BrN4O3. The van der Waals surface area contributed by atoms with E-state index in [1.807, 2.05) is 41.1 Å². The van der Waals surface area contributed by atoms with Crippen LogP contribution in [0.3, 0.4) is 0 Å². The Labute approximate surface area is 153 Å². The average Bonchev–Trinajstić information content (AvgIpc) is 2.84. The van der Waals surface area contributed by atoms with E-state index in [4.69, 9.17) is 0 Å². The van der Waals surface area contributed by atoms with Gasteiger partial charge in [-0.15, -0.1) is 0 Å². The highest BCUT2D eigenvalue weighted by molar-refractivity contribution is 9.10. The number of aromatic nitrogens is 2. The van der Waals surface area contributed by atoms with Crippen molar-refractivity contribution in [2.75, 3.05) is 23.5 Å². The summed E-state index contributed by atoms with van der Waals surface area (Å²) in [5.74, 6) is 0.585. The van der Waals surface area contributed by atoms with Crippen LogP contribution >= 0.6 is 15.9 Å². The van der Waals surface area contributed by atoms with Crippen molar-refractivity contribution in [2.45, 2.75) is 19.1 Å². The minimum absolute atomic E-state index is 0.00770. The normalized spacial score (nSPS) is 16.4. The van der Waals surface area contributed by atoms with Gasteiger partial charge in [-0.1, -0.05) is 28.1 Å². The number of nitrogens with zero attached hydrogens (tertiary/aromatic N) is 4. The van der Waals surface area contributed by atoms with Crippen molar-refractivity contribution in [3.05, 3.63) is 55.1 Å². The van der Waals surface area contributed by atoms with Crippen molar-refractivity contribution in [3.8, 4) is 0 Å². The lowest BCUT2D eigenvalue weighted by Gasteiger charge is -2.30. The molecule has 25 heavy (non-hydrogen) atoms. The Hall–Kier alpha value is -2.06. The lowest BCUT2D eigenvalue weighted by molar-refractivity contribution is 0.273. The third kappa shape index (κ3) is 2.89. The first-order chi connectivity index (χ1) is 11.9. The third-order valence-electron chi connectivity index (χ3n) is 4.67. The van der Waals surface area contributed by atoms with E-state index in [1.54, 1.807) is 7.05 Å². The van der Waals surface area contributed by atoms with Crippen LogP contribution in [0.4, 0.5) is 11.5 Å². The number of aliphatic hydroxyl groups is 1. The Morgan fingerprint density at radius 2 is 1.88 bits per heavy atom. The van der Waals surface area contributed by atoms with Crippen molar-refractivity contribution in [2.24, 2.45) is 14.1 Å². The van der Waals surface area contributed by atoms with Crippen LogP contribution in [0.25, 0.3) is 0 Å². The lowest BCUT2D eigenvalue weighted by Crippen LogP contribution is -2.42. The fraction of sp³-hybridized carbons (Fsp3) is 0.412. The van der Waals surface area contributed by atoms with E-state index in [2.05, 4.69) is 15.9 Å². The molecule has 0 bridgehead atoms. The minimum atomic E-state index is -0.359. The summed E-state index contributed by atoms with van der Waals surface area (Å²) in [7, 11) is 5.00. The van der Waals surface area contributed by atoms with Crippen LogP contribution in [0.2, 0.25) is 0 Å². The van der Waals surface area contributed by atoms with Crippen molar-refractivity contribution < 1.29 is 5.11 Å². The van der Waals surface area contributed by atoms with Crippen LogP contribution < -0.4 is 21.0 Å². The van der Waals surface area contributed by atoms with Gasteiger partial charge in [0.1, 0.15) is 17.7 Å². The Morgan fingerprint density at radius 3 is 2.52 bits per heavy atom. The molecule has 0 saturated heterocycles. The molecule has 1 N–H and O–H groups in total. The van der Waals surface area contributed by atoms with Gasteiger partial charge in [-0.2, -0.15) is 0 Å². The molecule has 0 spiro atoms. The molecule has 134 valence electrons. The summed E-state index contributed by atoms with van der Waals surface area (Å²) in [5, 5.41) is 9.49. The Morgan fingerprint density at radius 1 is 1.16 bits per heavy atom. The summed E-state index contributed by atoms with van der Waals surface area (Å²) in [6.07, 6.45) is 0.274. The molecule has 1 aliphatic rings. The van der Waals surface area contributed by atoms with E-state index < -0.39 is 0 Å². The molecule has 8 heteroatoms. The number of rotatable bonds is 4. The molecule has 1 atom stereocenters. The fourth-order valence-corrected chi connectivity index (χ4v) is 3.90. The van der Waals surface area contributed by atoms with Gasteiger partial charge >= 0.3 is 5.69 Å². The van der Waals surface area contributed by atoms with E-state index in [0.29, 0.717) is 24.5 Å². The predicted octanol–water partition coefficient (Wildman–Crippen LogP) is 1.01. The molecule has 0 radical (unpaired) electrons. The highest BCUT2D eigenvalue weighted by Gasteiger charge is 2.38. The first kappa shape index (κ1) is 17.8. The zero-order valence-electron chi connectivity index (χ0n) is 14.4. The van der Waals surface area contributed by atoms with Gasteiger partial charge in [-0.25, -0.2) is 4.79 Å². The largest absolute Gasteiger partial charge is 0.396 e. The van der Waals surface area contributed by atoms with Crippen LogP contribution in [0, 0.1) is 0 Å². The number of hydrogen-bond donors (Lipinski definition) is 1. The molecule has 0 saturated carbocycles. The smallest absolute Gasteiger partial charge is 0.332 e. The van der Waals surface area contributed by atoms with Crippen LogP contribution in [0.1, 0.15) is 12.0 Å². The highest BCUT2D eigenvalue weighted by atomic mass is 79.9. The van der Waals surface area contributed by atoms with Crippen molar-refractivity contribution in [1.29, 1.82) is 0 Å². The SMILES string of the molecule is CN1c2c(c(=O)n(C)c(=O)n2C)N(Cc2cccc(Br)c2)C1CCO. The van der Waals surface area contributed by atoms with Gasteiger partial charge in [-0.3, -0.25) is 13.9 Å². The van der Waals surface area contributed by atoms with Gasteiger partial charge in [0, 0.05) is 45.2 Å². The second-order valence-corrected chi connectivity index (χ2v) is 7.16. The van der Waals surface area contributed by atoms with E-state index >= 15 is 0 Å². The van der Waals surface area contributed by atoms with E-state index in [0.717, 1.165) is 14.6 Å². The molecule has 0 amide bonds. The first-order valence-corrected chi connectivity index (χ1v) is 8.81. The molecule has 1 aliphatic heterocycles. The second kappa shape index (κ2) is 6.68. The standard InChI is InChI=1S/C17H21BrN4O3/c1-19-13(7-8-23)22(10-11-5-4-6-12(18)9-11)14-15(19)20(2)17(25)21(3)16(14)24/h4-6,9,13,23H,7-8,10H2,1-3H3. The lowest BCUT2D eigenvalue weighted by atomic mass is 10.2. The van der Waals surface area contributed by atoms with Crippen LogP contribution in [0.5, 0.6) is 0 Å². The maximum Gasteiger partial charge on any atom is 0.332 e.